The second kappa shape index (κ2) is 4.44. The first kappa shape index (κ1) is 11.8. The number of hydrogen-bond donors (Lipinski definition) is 2. The van der Waals surface area contributed by atoms with Crippen LogP contribution in [0, 0.1) is 11.8 Å². The molecule has 0 radical (unpaired) electrons. The molecule has 3 aliphatic rings. The Bertz CT molecular complexity index is 371. The molecule has 3 N–H and O–H groups in total. The maximum atomic E-state index is 12.2. The summed E-state index contributed by atoms with van der Waals surface area (Å²) in [6.07, 6.45) is 6.59. The molecule has 18 heavy (non-hydrogen) atoms. The van der Waals surface area contributed by atoms with Gasteiger partial charge in [0.05, 0.1) is 0 Å². The number of nitrogens with zero attached hydrogens (tertiary/aromatic N) is 1. The van der Waals surface area contributed by atoms with E-state index in [-0.39, 0.29) is 11.9 Å². The standard InChI is InChI=1S/C13H21N3O2/c14-13(18)16-5-1-2-11(16)12(17)15-10-7-8-3-4-9(10)6-8/h8-11H,1-7H2,(H2,14,18)(H,15,17)/t8-,9-,10+,11-/m0/s1. The van der Waals surface area contributed by atoms with Crippen LogP contribution in [0.3, 0.4) is 0 Å². The fourth-order valence-corrected chi connectivity index (χ4v) is 4.00. The fourth-order valence-electron chi connectivity index (χ4n) is 4.00. The lowest BCUT2D eigenvalue weighted by Gasteiger charge is -2.27. The summed E-state index contributed by atoms with van der Waals surface area (Å²) in [4.78, 5) is 25.0. The summed E-state index contributed by atoms with van der Waals surface area (Å²) in [7, 11) is 0. The molecule has 2 bridgehead atoms. The Morgan fingerprint density at radius 1 is 1.17 bits per heavy atom. The molecule has 1 heterocycles. The number of likely N-dealkylation sites (tertiary alicyclic amines) is 1. The lowest BCUT2D eigenvalue weighted by molar-refractivity contribution is -0.125. The van der Waals surface area contributed by atoms with Crippen LogP contribution in [-0.4, -0.2) is 35.5 Å². The third kappa shape index (κ3) is 1.95. The van der Waals surface area contributed by atoms with Gasteiger partial charge in [-0.1, -0.05) is 6.42 Å². The number of rotatable bonds is 2. The molecule has 0 aromatic heterocycles. The molecule has 0 spiro atoms. The molecule has 5 nitrogen and oxygen atoms in total. The van der Waals surface area contributed by atoms with Crippen LogP contribution in [0.25, 0.3) is 0 Å². The maximum absolute atomic E-state index is 12.2. The van der Waals surface area contributed by atoms with Crippen LogP contribution < -0.4 is 11.1 Å². The van der Waals surface area contributed by atoms with Gasteiger partial charge in [-0.15, -0.1) is 0 Å². The quantitative estimate of drug-likeness (QED) is 0.763. The summed E-state index contributed by atoms with van der Waals surface area (Å²) in [5.41, 5.74) is 5.30. The van der Waals surface area contributed by atoms with Crippen molar-refractivity contribution in [2.45, 2.75) is 50.6 Å². The number of carbonyl (C=O) groups is 2. The van der Waals surface area contributed by atoms with E-state index in [2.05, 4.69) is 5.32 Å². The summed E-state index contributed by atoms with van der Waals surface area (Å²) in [5.74, 6) is 1.49. The van der Waals surface area contributed by atoms with Gasteiger partial charge in [0.1, 0.15) is 6.04 Å². The molecule has 0 unspecified atom stereocenters. The summed E-state index contributed by atoms with van der Waals surface area (Å²) in [6, 6.07) is -0.464. The van der Waals surface area contributed by atoms with Gasteiger partial charge in [-0.2, -0.15) is 0 Å². The Labute approximate surface area is 107 Å². The number of fused-ring (bicyclic) bond motifs is 2. The minimum absolute atomic E-state index is 0.00356. The Kier molecular flexibility index (Phi) is 2.92. The largest absolute Gasteiger partial charge is 0.351 e. The van der Waals surface area contributed by atoms with Gasteiger partial charge < -0.3 is 16.0 Å². The predicted molar refractivity (Wildman–Crippen MR) is 66.7 cm³/mol. The zero-order valence-electron chi connectivity index (χ0n) is 10.6. The minimum Gasteiger partial charge on any atom is -0.351 e. The SMILES string of the molecule is NC(=O)N1CCC[C@H]1C(=O)N[C@@H]1C[C@H]2CC[C@H]1C2. The van der Waals surface area contributed by atoms with Crippen molar-refractivity contribution in [2.75, 3.05) is 6.54 Å². The average molecular weight is 251 g/mol. The zero-order valence-corrected chi connectivity index (χ0v) is 10.6. The van der Waals surface area contributed by atoms with E-state index in [9.17, 15) is 9.59 Å². The number of urea groups is 1. The van der Waals surface area contributed by atoms with E-state index in [0.29, 0.717) is 18.5 Å². The van der Waals surface area contributed by atoms with Gasteiger partial charge in [-0.05, 0) is 43.9 Å². The van der Waals surface area contributed by atoms with Crippen LogP contribution in [0.15, 0.2) is 0 Å². The highest BCUT2D eigenvalue weighted by Crippen LogP contribution is 2.44. The zero-order chi connectivity index (χ0) is 12.7. The van der Waals surface area contributed by atoms with Gasteiger partial charge in [0.15, 0.2) is 0 Å². The van der Waals surface area contributed by atoms with E-state index in [1.807, 2.05) is 0 Å². The van der Waals surface area contributed by atoms with E-state index >= 15 is 0 Å². The first-order chi connectivity index (χ1) is 8.65. The minimum atomic E-state index is -0.472. The second-order valence-corrected chi connectivity index (χ2v) is 5.98. The van der Waals surface area contributed by atoms with Crippen molar-refractivity contribution in [1.82, 2.24) is 10.2 Å². The van der Waals surface area contributed by atoms with Gasteiger partial charge in [0.2, 0.25) is 5.91 Å². The third-order valence-corrected chi connectivity index (χ3v) is 4.90. The van der Waals surface area contributed by atoms with E-state index < -0.39 is 6.03 Å². The monoisotopic (exact) mass is 251 g/mol. The highest BCUT2D eigenvalue weighted by molar-refractivity contribution is 5.87. The smallest absolute Gasteiger partial charge is 0.315 e. The van der Waals surface area contributed by atoms with E-state index in [1.165, 1.54) is 24.2 Å². The van der Waals surface area contributed by atoms with E-state index in [4.69, 9.17) is 5.73 Å². The number of hydrogen-bond acceptors (Lipinski definition) is 2. The van der Waals surface area contributed by atoms with Gasteiger partial charge in [0, 0.05) is 12.6 Å². The predicted octanol–water partition coefficient (Wildman–Crippen LogP) is 0.834. The molecule has 0 aromatic carbocycles. The molecule has 3 rings (SSSR count). The highest BCUT2D eigenvalue weighted by atomic mass is 16.2. The molecule has 3 amide bonds. The lowest BCUT2D eigenvalue weighted by Crippen LogP contribution is -2.51. The fraction of sp³-hybridized carbons (Fsp3) is 0.846. The molecule has 5 heteroatoms. The van der Waals surface area contributed by atoms with Crippen molar-refractivity contribution in [2.24, 2.45) is 17.6 Å². The first-order valence-electron chi connectivity index (χ1n) is 7.01. The van der Waals surface area contributed by atoms with E-state index in [1.54, 1.807) is 0 Å². The normalized spacial score (nSPS) is 38.1. The number of carbonyl (C=O) groups excluding carboxylic acids is 2. The second-order valence-electron chi connectivity index (χ2n) is 5.98. The Morgan fingerprint density at radius 3 is 2.61 bits per heavy atom. The van der Waals surface area contributed by atoms with Crippen molar-refractivity contribution < 1.29 is 9.59 Å². The molecular formula is C13H21N3O2. The van der Waals surface area contributed by atoms with Crippen molar-refractivity contribution in [3.63, 3.8) is 0 Å². The molecule has 4 atom stereocenters. The molecule has 2 saturated carbocycles. The third-order valence-electron chi connectivity index (χ3n) is 4.90. The van der Waals surface area contributed by atoms with Crippen molar-refractivity contribution >= 4 is 11.9 Å². The molecule has 2 aliphatic carbocycles. The van der Waals surface area contributed by atoms with Crippen LogP contribution in [0.1, 0.15) is 38.5 Å². The van der Waals surface area contributed by atoms with Gasteiger partial charge in [-0.3, -0.25) is 4.79 Å². The van der Waals surface area contributed by atoms with Crippen molar-refractivity contribution in [3.05, 3.63) is 0 Å². The first-order valence-corrected chi connectivity index (χ1v) is 7.01. The average Bonchev–Trinajstić information content (AvgIpc) is 3.04. The number of nitrogens with one attached hydrogen (secondary N) is 1. The maximum Gasteiger partial charge on any atom is 0.315 e. The van der Waals surface area contributed by atoms with Gasteiger partial charge >= 0.3 is 6.03 Å². The summed E-state index contributed by atoms with van der Waals surface area (Å²) >= 11 is 0. The Hall–Kier alpha value is -1.26. The van der Waals surface area contributed by atoms with Crippen LogP contribution in [0.5, 0.6) is 0 Å². The molecule has 1 aliphatic heterocycles. The summed E-state index contributed by atoms with van der Waals surface area (Å²) in [6.45, 7) is 0.615. The van der Waals surface area contributed by atoms with Gasteiger partial charge in [-0.25, -0.2) is 4.79 Å². The van der Waals surface area contributed by atoms with Crippen LogP contribution >= 0.6 is 0 Å². The number of primary amides is 1. The summed E-state index contributed by atoms with van der Waals surface area (Å²) in [5, 5.41) is 3.15. The lowest BCUT2D eigenvalue weighted by atomic mass is 9.95. The van der Waals surface area contributed by atoms with Gasteiger partial charge in [0.25, 0.3) is 0 Å². The molecule has 0 aromatic rings. The molecule has 100 valence electrons. The van der Waals surface area contributed by atoms with Crippen LogP contribution in [-0.2, 0) is 4.79 Å². The number of nitrogens with two attached hydrogens (primary N) is 1. The molecule has 1 saturated heterocycles. The highest BCUT2D eigenvalue weighted by Gasteiger charge is 2.42. The Morgan fingerprint density at radius 2 is 2.00 bits per heavy atom. The van der Waals surface area contributed by atoms with E-state index in [0.717, 1.165) is 25.2 Å². The van der Waals surface area contributed by atoms with Crippen molar-refractivity contribution in [1.29, 1.82) is 0 Å². The van der Waals surface area contributed by atoms with Crippen molar-refractivity contribution in [3.8, 4) is 0 Å². The van der Waals surface area contributed by atoms with Crippen LogP contribution in [0.4, 0.5) is 4.79 Å². The number of amides is 3. The molecular weight excluding hydrogens is 230 g/mol. The summed E-state index contributed by atoms with van der Waals surface area (Å²) < 4.78 is 0. The molecule has 3 fully saturated rings. The topological polar surface area (TPSA) is 75.4 Å². The Balaban J connectivity index is 1.59. The van der Waals surface area contributed by atoms with Crippen LogP contribution in [0.2, 0.25) is 0 Å².